The molecule has 2 rings (SSSR count). The van der Waals surface area contributed by atoms with Gasteiger partial charge in [0.15, 0.2) is 5.16 Å². The Morgan fingerprint density at radius 1 is 1.14 bits per heavy atom. The van der Waals surface area contributed by atoms with Gasteiger partial charge in [-0.05, 0) is 43.3 Å². The molecule has 2 nitrogen and oxygen atoms in total. The molecule has 2 aromatic carbocycles. The number of carbonyl (C=O) groups excluding carboxylic acids is 1. The number of nitrogens with one attached hydrogen (secondary N) is 1. The van der Waals surface area contributed by atoms with Crippen LogP contribution in [0.2, 0.25) is 5.02 Å². The van der Waals surface area contributed by atoms with E-state index >= 15 is 0 Å². The highest BCUT2D eigenvalue weighted by molar-refractivity contribution is 8.02. The van der Waals surface area contributed by atoms with E-state index in [0.717, 1.165) is 28.3 Å². The molecule has 0 fully saturated rings. The lowest BCUT2D eigenvalue weighted by Crippen LogP contribution is -2.07. The summed E-state index contributed by atoms with van der Waals surface area (Å²) in [4.78, 5) is 12.4. The second-order valence-corrected chi connectivity index (χ2v) is 5.86. The van der Waals surface area contributed by atoms with Crippen molar-refractivity contribution in [2.45, 2.75) is 11.8 Å². The van der Waals surface area contributed by atoms with Gasteiger partial charge in [0.1, 0.15) is 0 Å². The zero-order chi connectivity index (χ0) is 15.2. The van der Waals surface area contributed by atoms with E-state index in [2.05, 4.69) is 5.32 Å². The Balaban J connectivity index is 1.96. The SMILES string of the molecule is Cc1ccc(SC(F)=CC(=O)Nc2ccc(Cl)cc2)cc1. The standard InChI is InChI=1S/C16H13ClFNOS/c1-11-2-8-14(9-3-11)21-15(18)10-16(20)19-13-6-4-12(17)5-7-13/h2-10H,1H3,(H,19,20). The van der Waals surface area contributed by atoms with Gasteiger partial charge in [0.2, 0.25) is 0 Å². The molecule has 0 radical (unpaired) electrons. The molecule has 0 saturated heterocycles. The number of hydrogen-bond donors (Lipinski definition) is 1. The minimum Gasteiger partial charge on any atom is -0.322 e. The van der Waals surface area contributed by atoms with E-state index < -0.39 is 11.1 Å². The van der Waals surface area contributed by atoms with Crippen LogP contribution in [0.4, 0.5) is 10.1 Å². The van der Waals surface area contributed by atoms with Crippen molar-refractivity contribution in [2.75, 3.05) is 5.32 Å². The maximum atomic E-state index is 13.7. The van der Waals surface area contributed by atoms with E-state index in [1.807, 2.05) is 31.2 Å². The van der Waals surface area contributed by atoms with Crippen molar-refractivity contribution in [3.63, 3.8) is 0 Å². The first-order valence-electron chi connectivity index (χ1n) is 6.21. The molecule has 0 unspecified atom stereocenters. The van der Waals surface area contributed by atoms with Crippen LogP contribution in [0.15, 0.2) is 64.7 Å². The summed E-state index contributed by atoms with van der Waals surface area (Å²) in [6, 6.07) is 14.0. The van der Waals surface area contributed by atoms with Crippen molar-refractivity contribution in [1.29, 1.82) is 0 Å². The highest BCUT2D eigenvalue weighted by Gasteiger charge is 2.04. The second kappa shape index (κ2) is 7.29. The second-order valence-electron chi connectivity index (χ2n) is 4.36. The van der Waals surface area contributed by atoms with Gasteiger partial charge in [0.05, 0.1) is 0 Å². The largest absolute Gasteiger partial charge is 0.322 e. The highest BCUT2D eigenvalue weighted by atomic mass is 35.5. The van der Waals surface area contributed by atoms with E-state index in [1.54, 1.807) is 24.3 Å². The van der Waals surface area contributed by atoms with Crippen LogP contribution in [0.5, 0.6) is 0 Å². The van der Waals surface area contributed by atoms with Crippen molar-refractivity contribution in [1.82, 2.24) is 0 Å². The van der Waals surface area contributed by atoms with E-state index in [1.165, 1.54) is 0 Å². The van der Waals surface area contributed by atoms with Crippen LogP contribution in [0.1, 0.15) is 5.56 Å². The Morgan fingerprint density at radius 2 is 1.76 bits per heavy atom. The van der Waals surface area contributed by atoms with Gasteiger partial charge >= 0.3 is 0 Å². The average Bonchev–Trinajstić information content (AvgIpc) is 2.44. The predicted molar refractivity (Wildman–Crippen MR) is 86.3 cm³/mol. The van der Waals surface area contributed by atoms with Crippen molar-refractivity contribution in [2.24, 2.45) is 0 Å². The molecule has 0 aliphatic heterocycles. The third-order valence-electron chi connectivity index (χ3n) is 2.59. The summed E-state index contributed by atoms with van der Waals surface area (Å²) in [6.45, 7) is 1.96. The van der Waals surface area contributed by atoms with E-state index in [4.69, 9.17) is 11.6 Å². The first-order chi connectivity index (χ1) is 10.0. The molecule has 0 spiro atoms. The average molecular weight is 322 g/mol. The minimum atomic E-state index is -0.565. The number of benzene rings is 2. The lowest BCUT2D eigenvalue weighted by molar-refractivity contribution is -0.112. The molecule has 5 heteroatoms. The Kier molecular flexibility index (Phi) is 5.42. The Morgan fingerprint density at radius 3 is 2.38 bits per heavy atom. The Bertz CT molecular complexity index is 653. The molecule has 0 aromatic heterocycles. The zero-order valence-electron chi connectivity index (χ0n) is 11.3. The number of rotatable bonds is 4. The summed E-state index contributed by atoms with van der Waals surface area (Å²) >= 11 is 6.65. The predicted octanol–water partition coefficient (Wildman–Crippen LogP) is 5.19. The lowest BCUT2D eigenvalue weighted by atomic mass is 10.2. The monoisotopic (exact) mass is 321 g/mol. The van der Waals surface area contributed by atoms with Crippen LogP contribution in [0, 0.1) is 6.92 Å². The molecule has 0 bridgehead atoms. The fourth-order valence-electron chi connectivity index (χ4n) is 1.56. The number of carbonyl (C=O) groups is 1. The van der Waals surface area contributed by atoms with Gasteiger partial charge in [0, 0.05) is 21.7 Å². The molecule has 0 heterocycles. The summed E-state index contributed by atoms with van der Waals surface area (Å²) in [5.74, 6) is -0.519. The molecule has 2 aromatic rings. The lowest BCUT2D eigenvalue weighted by Gasteiger charge is -2.03. The number of amides is 1. The molecule has 1 amide bonds. The van der Waals surface area contributed by atoms with Crippen molar-refractivity contribution in [3.8, 4) is 0 Å². The fraction of sp³-hybridized carbons (Fsp3) is 0.0625. The highest BCUT2D eigenvalue weighted by Crippen LogP contribution is 2.27. The number of hydrogen-bond acceptors (Lipinski definition) is 2. The minimum absolute atomic E-state index is 0.519. The quantitative estimate of drug-likeness (QED) is 0.620. The van der Waals surface area contributed by atoms with Gasteiger partial charge < -0.3 is 5.32 Å². The van der Waals surface area contributed by atoms with Crippen LogP contribution >= 0.6 is 23.4 Å². The normalized spacial score (nSPS) is 11.3. The van der Waals surface area contributed by atoms with Gasteiger partial charge in [-0.3, -0.25) is 4.79 Å². The van der Waals surface area contributed by atoms with Gasteiger partial charge in [-0.1, -0.05) is 41.1 Å². The molecule has 0 aliphatic carbocycles. The Hall–Kier alpha value is -1.78. The maximum absolute atomic E-state index is 13.7. The van der Waals surface area contributed by atoms with E-state index in [-0.39, 0.29) is 0 Å². The van der Waals surface area contributed by atoms with Crippen LogP contribution in [0.25, 0.3) is 0 Å². The third kappa shape index (κ3) is 5.25. The molecule has 21 heavy (non-hydrogen) atoms. The summed E-state index contributed by atoms with van der Waals surface area (Å²) < 4.78 is 13.7. The fourth-order valence-corrected chi connectivity index (χ4v) is 2.35. The van der Waals surface area contributed by atoms with Gasteiger partial charge in [-0.25, -0.2) is 0 Å². The smallest absolute Gasteiger partial charge is 0.251 e. The molecule has 0 aliphatic rings. The molecular weight excluding hydrogens is 309 g/mol. The van der Waals surface area contributed by atoms with Crippen molar-refractivity contribution in [3.05, 3.63) is 70.4 Å². The topological polar surface area (TPSA) is 29.1 Å². The molecule has 0 atom stereocenters. The van der Waals surface area contributed by atoms with Gasteiger partial charge in [-0.15, -0.1) is 0 Å². The summed E-state index contributed by atoms with van der Waals surface area (Å²) in [5, 5.41) is 2.58. The van der Waals surface area contributed by atoms with Crippen LogP contribution < -0.4 is 5.32 Å². The summed E-state index contributed by atoms with van der Waals surface area (Å²) in [5.41, 5.74) is 1.66. The van der Waals surface area contributed by atoms with Crippen molar-refractivity contribution >= 4 is 35.0 Å². The number of anilines is 1. The maximum Gasteiger partial charge on any atom is 0.251 e. The molecule has 0 saturated carbocycles. The number of thioether (sulfide) groups is 1. The molecule has 1 N–H and O–H groups in total. The third-order valence-corrected chi connectivity index (χ3v) is 3.67. The first-order valence-corrected chi connectivity index (χ1v) is 7.40. The van der Waals surface area contributed by atoms with E-state index in [9.17, 15) is 9.18 Å². The Labute approximate surface area is 132 Å². The van der Waals surface area contributed by atoms with Gasteiger partial charge in [-0.2, -0.15) is 4.39 Å². The molecule has 108 valence electrons. The number of halogens is 2. The van der Waals surface area contributed by atoms with Crippen molar-refractivity contribution < 1.29 is 9.18 Å². The first kappa shape index (κ1) is 15.6. The summed E-state index contributed by atoms with van der Waals surface area (Å²) in [6.07, 6.45) is 0.930. The van der Waals surface area contributed by atoms with Gasteiger partial charge in [0.25, 0.3) is 5.91 Å². The molecular formula is C16H13ClFNOS. The van der Waals surface area contributed by atoms with Crippen LogP contribution in [0.3, 0.4) is 0 Å². The van der Waals surface area contributed by atoms with E-state index in [0.29, 0.717) is 10.7 Å². The zero-order valence-corrected chi connectivity index (χ0v) is 12.8. The van der Waals surface area contributed by atoms with Crippen LogP contribution in [-0.2, 0) is 4.79 Å². The number of aryl methyl sites for hydroxylation is 1. The van der Waals surface area contributed by atoms with Crippen LogP contribution in [-0.4, -0.2) is 5.91 Å². The summed E-state index contributed by atoms with van der Waals surface area (Å²) in [7, 11) is 0.